The standard InChI is InChI=1S/C23H20N4O3S/c1-2-27-19-10-9-16(13-18(19)26-22(29)23(27)30)21(28)25-17-7-5-6-15(12-17)14-31-20-8-3-4-11-24-20/h3-13H,2,14H2,1H3,(H,25,28)(H,26,29). The maximum Gasteiger partial charge on any atom is 0.316 e. The predicted molar refractivity (Wildman–Crippen MR) is 123 cm³/mol. The number of amides is 1. The zero-order chi connectivity index (χ0) is 21.8. The summed E-state index contributed by atoms with van der Waals surface area (Å²) in [5.41, 5.74) is 1.84. The number of hydrogen-bond acceptors (Lipinski definition) is 5. The molecule has 0 fully saturated rings. The van der Waals surface area contributed by atoms with Crippen molar-refractivity contribution in [3.8, 4) is 0 Å². The maximum absolute atomic E-state index is 12.8. The Morgan fingerprint density at radius 1 is 1.10 bits per heavy atom. The van der Waals surface area contributed by atoms with Crippen LogP contribution >= 0.6 is 11.8 Å². The number of aromatic nitrogens is 3. The Labute approximate surface area is 182 Å². The number of hydrogen-bond donors (Lipinski definition) is 2. The summed E-state index contributed by atoms with van der Waals surface area (Å²) in [5, 5.41) is 3.83. The third-order valence-electron chi connectivity index (χ3n) is 4.76. The second kappa shape index (κ2) is 9.01. The smallest absolute Gasteiger partial charge is 0.316 e. The molecule has 2 N–H and O–H groups in total. The van der Waals surface area contributed by atoms with E-state index in [-0.39, 0.29) is 5.91 Å². The number of anilines is 1. The minimum atomic E-state index is -0.704. The lowest BCUT2D eigenvalue weighted by Gasteiger charge is -2.10. The summed E-state index contributed by atoms with van der Waals surface area (Å²) in [7, 11) is 0. The molecule has 0 radical (unpaired) electrons. The third kappa shape index (κ3) is 4.59. The maximum atomic E-state index is 12.8. The average Bonchev–Trinajstić information content (AvgIpc) is 2.79. The molecule has 0 saturated carbocycles. The van der Waals surface area contributed by atoms with Crippen LogP contribution in [0.25, 0.3) is 11.0 Å². The number of nitrogens with zero attached hydrogens (tertiary/aromatic N) is 2. The highest BCUT2D eigenvalue weighted by Crippen LogP contribution is 2.22. The van der Waals surface area contributed by atoms with Crippen molar-refractivity contribution in [2.45, 2.75) is 24.2 Å². The van der Waals surface area contributed by atoms with Gasteiger partial charge >= 0.3 is 11.1 Å². The first-order chi connectivity index (χ1) is 15.0. The van der Waals surface area contributed by atoms with Crippen LogP contribution in [-0.4, -0.2) is 20.4 Å². The monoisotopic (exact) mass is 432 g/mol. The van der Waals surface area contributed by atoms with Crippen molar-refractivity contribution in [1.29, 1.82) is 0 Å². The summed E-state index contributed by atoms with van der Waals surface area (Å²) >= 11 is 1.62. The molecule has 31 heavy (non-hydrogen) atoms. The van der Waals surface area contributed by atoms with Crippen molar-refractivity contribution in [2.75, 3.05) is 5.32 Å². The van der Waals surface area contributed by atoms with Crippen LogP contribution in [-0.2, 0) is 12.3 Å². The van der Waals surface area contributed by atoms with Gasteiger partial charge in [0.05, 0.1) is 16.1 Å². The molecular weight excluding hydrogens is 412 g/mol. The summed E-state index contributed by atoms with van der Waals surface area (Å²) in [6.45, 7) is 2.16. The molecule has 0 saturated heterocycles. The van der Waals surface area contributed by atoms with Crippen LogP contribution in [0.15, 0.2) is 81.5 Å². The Hall–Kier alpha value is -3.65. The molecule has 156 valence electrons. The highest BCUT2D eigenvalue weighted by atomic mass is 32.2. The highest BCUT2D eigenvalue weighted by Gasteiger charge is 2.11. The van der Waals surface area contributed by atoms with Crippen molar-refractivity contribution < 1.29 is 4.79 Å². The lowest BCUT2D eigenvalue weighted by molar-refractivity contribution is 0.102. The number of carbonyl (C=O) groups excluding carboxylic acids is 1. The van der Waals surface area contributed by atoms with Crippen LogP contribution in [0.5, 0.6) is 0 Å². The average molecular weight is 433 g/mol. The minimum absolute atomic E-state index is 0.300. The second-order valence-corrected chi connectivity index (χ2v) is 7.84. The van der Waals surface area contributed by atoms with Gasteiger partial charge in [0.2, 0.25) is 0 Å². The van der Waals surface area contributed by atoms with Crippen LogP contribution in [0.4, 0.5) is 5.69 Å². The van der Waals surface area contributed by atoms with Gasteiger partial charge in [-0.05, 0) is 55.0 Å². The van der Waals surface area contributed by atoms with Gasteiger partial charge in [0.1, 0.15) is 0 Å². The highest BCUT2D eigenvalue weighted by molar-refractivity contribution is 7.98. The lowest BCUT2D eigenvalue weighted by Crippen LogP contribution is -2.36. The van der Waals surface area contributed by atoms with Crippen molar-refractivity contribution in [3.63, 3.8) is 0 Å². The fourth-order valence-corrected chi connectivity index (χ4v) is 4.07. The van der Waals surface area contributed by atoms with Crippen LogP contribution in [0, 0.1) is 0 Å². The van der Waals surface area contributed by atoms with E-state index in [1.165, 1.54) is 4.57 Å². The molecular formula is C23H20N4O3S. The Kier molecular flexibility index (Phi) is 5.99. The summed E-state index contributed by atoms with van der Waals surface area (Å²) in [6, 6.07) is 18.3. The number of aryl methyl sites for hydroxylation is 1. The van der Waals surface area contributed by atoms with Crippen LogP contribution in [0.2, 0.25) is 0 Å². The molecule has 0 bridgehead atoms. The Balaban J connectivity index is 1.53. The topological polar surface area (TPSA) is 96.9 Å². The molecule has 0 aliphatic heterocycles. The molecule has 2 aromatic carbocycles. The van der Waals surface area contributed by atoms with Crippen molar-refractivity contribution in [3.05, 3.63) is 98.7 Å². The lowest BCUT2D eigenvalue weighted by atomic mass is 10.1. The number of aromatic amines is 1. The van der Waals surface area contributed by atoms with E-state index in [1.54, 1.807) is 43.1 Å². The van der Waals surface area contributed by atoms with E-state index >= 15 is 0 Å². The number of nitrogens with one attached hydrogen (secondary N) is 2. The summed E-state index contributed by atoms with van der Waals surface area (Å²) in [6.07, 6.45) is 1.76. The summed E-state index contributed by atoms with van der Waals surface area (Å²) in [4.78, 5) is 43.5. The van der Waals surface area contributed by atoms with E-state index in [2.05, 4.69) is 15.3 Å². The number of H-pyrrole nitrogens is 1. The van der Waals surface area contributed by atoms with E-state index in [9.17, 15) is 14.4 Å². The number of pyridine rings is 1. The van der Waals surface area contributed by atoms with Crippen molar-refractivity contribution >= 4 is 34.4 Å². The number of rotatable bonds is 6. The van der Waals surface area contributed by atoms with Crippen LogP contribution < -0.4 is 16.4 Å². The van der Waals surface area contributed by atoms with Gasteiger partial charge in [-0.2, -0.15) is 0 Å². The second-order valence-electron chi connectivity index (χ2n) is 6.85. The zero-order valence-corrected chi connectivity index (χ0v) is 17.6. The first-order valence-corrected chi connectivity index (χ1v) is 10.7. The van der Waals surface area contributed by atoms with E-state index < -0.39 is 11.1 Å². The molecule has 0 aliphatic carbocycles. The minimum Gasteiger partial charge on any atom is -0.322 e. The molecule has 2 aromatic heterocycles. The molecule has 0 atom stereocenters. The van der Waals surface area contributed by atoms with Gasteiger partial charge in [-0.3, -0.25) is 14.4 Å². The van der Waals surface area contributed by atoms with Gasteiger partial charge in [0.15, 0.2) is 0 Å². The first-order valence-electron chi connectivity index (χ1n) is 9.76. The van der Waals surface area contributed by atoms with Crippen LogP contribution in [0.3, 0.4) is 0 Å². The molecule has 4 aromatic rings. The van der Waals surface area contributed by atoms with Gasteiger partial charge in [-0.1, -0.05) is 18.2 Å². The Morgan fingerprint density at radius 2 is 1.97 bits per heavy atom. The quantitative estimate of drug-likeness (QED) is 0.358. The van der Waals surface area contributed by atoms with Crippen molar-refractivity contribution in [2.24, 2.45) is 0 Å². The molecule has 7 nitrogen and oxygen atoms in total. The Morgan fingerprint density at radius 3 is 2.74 bits per heavy atom. The number of benzene rings is 2. The number of fused-ring (bicyclic) bond motifs is 1. The predicted octanol–water partition coefficient (Wildman–Crippen LogP) is 3.65. The normalized spacial score (nSPS) is 10.9. The first kappa shape index (κ1) is 20.6. The molecule has 2 heterocycles. The van der Waals surface area contributed by atoms with Gasteiger partial charge in [0, 0.05) is 29.7 Å². The van der Waals surface area contributed by atoms with Gasteiger partial charge < -0.3 is 14.9 Å². The van der Waals surface area contributed by atoms with Gasteiger partial charge in [0.25, 0.3) is 5.91 Å². The molecule has 0 unspecified atom stereocenters. The largest absolute Gasteiger partial charge is 0.322 e. The molecule has 0 aliphatic rings. The molecule has 4 rings (SSSR count). The van der Waals surface area contributed by atoms with E-state index in [0.29, 0.717) is 28.8 Å². The SMILES string of the molecule is CCn1c(=O)c(=O)[nH]c2cc(C(=O)Nc3cccc(CSc4ccccn4)c3)ccc21. The molecule has 8 heteroatoms. The zero-order valence-electron chi connectivity index (χ0n) is 16.8. The van der Waals surface area contributed by atoms with Gasteiger partial charge in [-0.25, -0.2) is 4.98 Å². The van der Waals surface area contributed by atoms with E-state index in [1.807, 2.05) is 42.5 Å². The molecule has 0 spiro atoms. The van der Waals surface area contributed by atoms with E-state index in [4.69, 9.17) is 0 Å². The van der Waals surface area contributed by atoms with Crippen molar-refractivity contribution in [1.82, 2.24) is 14.5 Å². The fourth-order valence-electron chi connectivity index (χ4n) is 3.27. The third-order valence-corrected chi connectivity index (χ3v) is 5.78. The number of carbonyl (C=O) groups is 1. The van der Waals surface area contributed by atoms with Crippen LogP contribution in [0.1, 0.15) is 22.8 Å². The fraction of sp³-hybridized carbons (Fsp3) is 0.130. The Bertz CT molecular complexity index is 1360. The summed E-state index contributed by atoms with van der Waals surface area (Å²) < 4.78 is 1.39. The summed E-state index contributed by atoms with van der Waals surface area (Å²) in [5.74, 6) is 0.429. The molecule has 1 amide bonds. The van der Waals surface area contributed by atoms with E-state index in [0.717, 1.165) is 16.3 Å². The number of thioether (sulfide) groups is 1. The van der Waals surface area contributed by atoms with Gasteiger partial charge in [-0.15, -0.1) is 11.8 Å².